The zero-order valence-electron chi connectivity index (χ0n) is 18.9. The van der Waals surface area contributed by atoms with Gasteiger partial charge in [0, 0.05) is 62.3 Å². The molecule has 2 aromatic heterocycles. The van der Waals surface area contributed by atoms with Gasteiger partial charge in [-0.15, -0.1) is 0 Å². The minimum Gasteiger partial charge on any atom is -0.424 e. The van der Waals surface area contributed by atoms with Gasteiger partial charge in [-0.05, 0) is 44.0 Å². The Balaban J connectivity index is 1.55. The van der Waals surface area contributed by atoms with E-state index in [9.17, 15) is 4.79 Å². The van der Waals surface area contributed by atoms with Crippen LogP contribution in [0.5, 0.6) is 11.8 Å². The van der Waals surface area contributed by atoms with Crippen LogP contribution in [-0.2, 0) is 5.41 Å². The Morgan fingerprint density at radius 3 is 2.66 bits per heavy atom. The lowest BCUT2D eigenvalue weighted by molar-refractivity contribution is 0.0644. The number of aryl methyl sites for hydroxylation is 1. The van der Waals surface area contributed by atoms with E-state index in [1.165, 1.54) is 0 Å². The number of carbonyl (C=O) groups is 1. The molecule has 0 spiro atoms. The molecule has 0 radical (unpaired) electrons. The van der Waals surface area contributed by atoms with Gasteiger partial charge < -0.3 is 14.5 Å². The van der Waals surface area contributed by atoms with Gasteiger partial charge in [-0.25, -0.2) is 19.9 Å². The highest BCUT2D eigenvalue weighted by Crippen LogP contribution is 2.33. The highest BCUT2D eigenvalue weighted by atomic mass is 16.5. The third kappa shape index (κ3) is 4.69. The molecule has 0 aliphatic carbocycles. The van der Waals surface area contributed by atoms with E-state index in [1.54, 1.807) is 36.7 Å². The molecule has 0 saturated carbocycles. The summed E-state index contributed by atoms with van der Waals surface area (Å²) >= 11 is 0. The molecule has 4 rings (SSSR count). The van der Waals surface area contributed by atoms with Crippen LogP contribution in [0.1, 0.15) is 41.6 Å². The van der Waals surface area contributed by atoms with Crippen LogP contribution in [0.3, 0.4) is 0 Å². The van der Waals surface area contributed by atoms with Gasteiger partial charge in [-0.3, -0.25) is 4.79 Å². The maximum atomic E-state index is 13.4. The van der Waals surface area contributed by atoms with Crippen LogP contribution in [0, 0.1) is 6.92 Å². The van der Waals surface area contributed by atoms with E-state index in [1.807, 2.05) is 43.0 Å². The number of benzene rings is 1. The molecular weight excluding hydrogens is 404 g/mol. The van der Waals surface area contributed by atoms with Crippen LogP contribution in [0.25, 0.3) is 0 Å². The number of amides is 1. The maximum Gasteiger partial charge on any atom is 0.321 e. The first kappa shape index (κ1) is 21.7. The number of likely N-dealkylation sites (tertiary alicyclic amines) is 1. The Bertz CT molecular complexity index is 1100. The smallest absolute Gasteiger partial charge is 0.321 e. The fraction of sp³-hybridized carbons (Fsp3) is 0.375. The molecule has 166 valence electrons. The Labute approximate surface area is 188 Å². The molecule has 1 aliphatic rings. The number of rotatable bonds is 5. The van der Waals surface area contributed by atoms with Crippen molar-refractivity contribution in [2.24, 2.45) is 0 Å². The van der Waals surface area contributed by atoms with E-state index in [4.69, 9.17) is 14.7 Å². The SMILES string of the molecule is Cc1cc(N(C)C)nc([C@]2(C)CCCN(C(=O)c3cccc(Oc4ncccn4)c3)C2)n1. The average Bonchev–Trinajstić information content (AvgIpc) is 2.79. The van der Waals surface area contributed by atoms with Gasteiger partial charge in [0.05, 0.1) is 0 Å². The Kier molecular flexibility index (Phi) is 6.03. The number of aromatic nitrogens is 4. The number of anilines is 1. The van der Waals surface area contributed by atoms with E-state index >= 15 is 0 Å². The summed E-state index contributed by atoms with van der Waals surface area (Å²) in [5, 5.41) is 0. The summed E-state index contributed by atoms with van der Waals surface area (Å²) in [6.07, 6.45) is 5.05. The van der Waals surface area contributed by atoms with Crippen molar-refractivity contribution in [2.45, 2.75) is 32.1 Å². The normalized spacial score (nSPS) is 18.3. The van der Waals surface area contributed by atoms with Crippen molar-refractivity contribution >= 4 is 11.7 Å². The van der Waals surface area contributed by atoms with Gasteiger partial charge in [0.1, 0.15) is 17.4 Å². The molecule has 0 N–H and O–H groups in total. The quantitative estimate of drug-likeness (QED) is 0.609. The van der Waals surface area contributed by atoms with Gasteiger partial charge in [-0.2, -0.15) is 0 Å². The number of hydrogen-bond acceptors (Lipinski definition) is 7. The molecule has 3 heterocycles. The third-order valence-electron chi connectivity index (χ3n) is 5.65. The third-order valence-corrected chi connectivity index (χ3v) is 5.65. The van der Waals surface area contributed by atoms with E-state index < -0.39 is 0 Å². The molecule has 1 aliphatic heterocycles. The van der Waals surface area contributed by atoms with Gasteiger partial charge in [0.2, 0.25) is 0 Å². The van der Waals surface area contributed by atoms with Gasteiger partial charge in [-0.1, -0.05) is 13.0 Å². The highest BCUT2D eigenvalue weighted by molar-refractivity contribution is 5.94. The fourth-order valence-corrected chi connectivity index (χ4v) is 3.96. The number of nitrogens with zero attached hydrogens (tertiary/aromatic N) is 6. The van der Waals surface area contributed by atoms with Crippen LogP contribution in [-0.4, -0.2) is 57.9 Å². The summed E-state index contributed by atoms with van der Waals surface area (Å²) in [7, 11) is 3.94. The van der Waals surface area contributed by atoms with Crippen LogP contribution in [0.4, 0.5) is 5.82 Å². The molecule has 1 amide bonds. The molecule has 0 bridgehead atoms. The Hall–Kier alpha value is -3.55. The van der Waals surface area contributed by atoms with Gasteiger partial charge in [0.15, 0.2) is 0 Å². The summed E-state index contributed by atoms with van der Waals surface area (Å²) in [5.41, 5.74) is 1.19. The minimum atomic E-state index is -0.309. The summed E-state index contributed by atoms with van der Waals surface area (Å²) in [4.78, 5) is 34.9. The lowest BCUT2D eigenvalue weighted by Gasteiger charge is -2.39. The monoisotopic (exact) mass is 432 g/mol. The van der Waals surface area contributed by atoms with Crippen molar-refractivity contribution in [1.82, 2.24) is 24.8 Å². The molecule has 1 fully saturated rings. The maximum absolute atomic E-state index is 13.4. The Morgan fingerprint density at radius 1 is 1.12 bits per heavy atom. The van der Waals surface area contributed by atoms with E-state index in [0.29, 0.717) is 24.4 Å². The van der Waals surface area contributed by atoms with Crippen LogP contribution < -0.4 is 9.64 Å². The van der Waals surface area contributed by atoms with Crippen molar-refractivity contribution in [3.63, 3.8) is 0 Å². The van der Waals surface area contributed by atoms with Crippen molar-refractivity contribution < 1.29 is 9.53 Å². The molecule has 8 heteroatoms. The topological polar surface area (TPSA) is 84.3 Å². The minimum absolute atomic E-state index is 0.0316. The molecule has 1 saturated heterocycles. The van der Waals surface area contributed by atoms with E-state index in [2.05, 4.69) is 16.9 Å². The summed E-state index contributed by atoms with van der Waals surface area (Å²) in [6.45, 7) is 5.39. The van der Waals surface area contributed by atoms with E-state index in [-0.39, 0.29) is 17.3 Å². The largest absolute Gasteiger partial charge is 0.424 e. The second-order valence-electron chi connectivity index (χ2n) is 8.64. The van der Waals surface area contributed by atoms with Crippen molar-refractivity contribution in [1.29, 1.82) is 0 Å². The standard InChI is InChI=1S/C24H28N6O2/c1-17-14-20(29(3)4)28-22(27-17)24(2)10-6-13-30(16-24)21(31)18-8-5-9-19(15-18)32-23-25-11-7-12-26-23/h5,7-9,11-12,14-15H,6,10,13,16H2,1-4H3/t24-/m1/s1. The first-order valence-corrected chi connectivity index (χ1v) is 10.7. The predicted molar refractivity (Wildman–Crippen MR) is 122 cm³/mol. The molecule has 1 atom stereocenters. The van der Waals surface area contributed by atoms with Gasteiger partial charge in [0.25, 0.3) is 5.91 Å². The predicted octanol–water partition coefficient (Wildman–Crippen LogP) is 3.63. The average molecular weight is 433 g/mol. The lowest BCUT2D eigenvalue weighted by Crippen LogP contribution is -2.48. The van der Waals surface area contributed by atoms with Crippen molar-refractivity contribution in [3.05, 3.63) is 65.9 Å². The molecule has 3 aromatic rings. The second-order valence-corrected chi connectivity index (χ2v) is 8.64. The first-order valence-electron chi connectivity index (χ1n) is 10.7. The highest BCUT2D eigenvalue weighted by Gasteiger charge is 2.37. The van der Waals surface area contributed by atoms with Crippen molar-refractivity contribution in [3.8, 4) is 11.8 Å². The second kappa shape index (κ2) is 8.90. The first-order chi connectivity index (χ1) is 15.3. The van der Waals surface area contributed by atoms with Crippen LogP contribution >= 0.6 is 0 Å². The fourth-order valence-electron chi connectivity index (χ4n) is 3.96. The Morgan fingerprint density at radius 2 is 1.91 bits per heavy atom. The summed E-state index contributed by atoms with van der Waals surface area (Å²) in [5.74, 6) is 2.16. The van der Waals surface area contributed by atoms with Gasteiger partial charge >= 0.3 is 6.01 Å². The van der Waals surface area contributed by atoms with Crippen molar-refractivity contribution in [2.75, 3.05) is 32.1 Å². The van der Waals surface area contributed by atoms with Crippen LogP contribution in [0.2, 0.25) is 0 Å². The summed E-state index contributed by atoms with van der Waals surface area (Å²) in [6, 6.07) is 11.1. The molecule has 8 nitrogen and oxygen atoms in total. The number of piperidine rings is 1. The van der Waals surface area contributed by atoms with E-state index in [0.717, 1.165) is 30.2 Å². The number of hydrogen-bond donors (Lipinski definition) is 0. The zero-order chi connectivity index (χ0) is 22.7. The molecular formula is C24H28N6O2. The summed E-state index contributed by atoms with van der Waals surface area (Å²) < 4.78 is 5.70. The molecule has 0 unspecified atom stereocenters. The zero-order valence-corrected chi connectivity index (χ0v) is 18.9. The lowest BCUT2D eigenvalue weighted by atomic mass is 9.80. The van der Waals surface area contributed by atoms with Crippen LogP contribution in [0.15, 0.2) is 48.8 Å². The molecule has 32 heavy (non-hydrogen) atoms. The molecule has 1 aromatic carbocycles. The number of ether oxygens (including phenoxy) is 1. The number of carbonyl (C=O) groups excluding carboxylic acids is 1.